The van der Waals surface area contributed by atoms with E-state index in [1.165, 1.54) is 0 Å². The van der Waals surface area contributed by atoms with Crippen molar-refractivity contribution in [3.63, 3.8) is 0 Å². The van der Waals surface area contributed by atoms with Crippen LogP contribution < -0.4 is 0 Å². The van der Waals surface area contributed by atoms with E-state index in [1.807, 2.05) is 6.07 Å². The first kappa shape index (κ1) is 10.6. The van der Waals surface area contributed by atoms with E-state index in [9.17, 15) is 5.11 Å². The van der Waals surface area contributed by atoms with E-state index in [2.05, 4.69) is 0 Å². The maximum absolute atomic E-state index is 9.86. The summed E-state index contributed by atoms with van der Waals surface area (Å²) in [4.78, 5) is 0. The molecule has 0 saturated carbocycles. The minimum atomic E-state index is -0.420. The van der Waals surface area contributed by atoms with Gasteiger partial charge in [0.25, 0.3) is 0 Å². The molecule has 4 heteroatoms. The molecule has 0 amide bonds. The molecule has 0 aromatic heterocycles. The summed E-state index contributed by atoms with van der Waals surface area (Å²) in [6.45, 7) is 0. The number of hydrogen-bond acceptors (Lipinski definition) is 2. The summed E-state index contributed by atoms with van der Waals surface area (Å²) < 4.78 is 0. The van der Waals surface area contributed by atoms with Gasteiger partial charge in [-0.3, -0.25) is 0 Å². The molecule has 1 aromatic rings. The molecule has 0 fully saturated rings. The van der Waals surface area contributed by atoms with Crippen molar-refractivity contribution < 1.29 is 5.11 Å². The minimum absolute atomic E-state index is 0.420. The van der Waals surface area contributed by atoms with Crippen molar-refractivity contribution in [1.29, 1.82) is 0 Å². The van der Waals surface area contributed by atoms with Crippen LogP contribution in [0.4, 0.5) is 0 Å². The molecule has 14 heavy (non-hydrogen) atoms. The second-order valence-electron chi connectivity index (χ2n) is 3.31. The van der Waals surface area contributed by atoms with Gasteiger partial charge >= 0.3 is 0 Å². The Labute approximate surface area is 97.4 Å². The predicted molar refractivity (Wildman–Crippen MR) is 62.2 cm³/mol. The number of thioether (sulfide) groups is 1. The summed E-state index contributed by atoms with van der Waals surface area (Å²) in [5.74, 6) is 1.83. The monoisotopic (exact) mass is 248 g/mol. The van der Waals surface area contributed by atoms with Gasteiger partial charge < -0.3 is 5.11 Å². The fraction of sp³-hybridized carbons (Fsp3) is 0.400. The van der Waals surface area contributed by atoms with E-state index in [4.69, 9.17) is 23.2 Å². The van der Waals surface area contributed by atoms with Gasteiger partial charge in [-0.1, -0.05) is 23.2 Å². The van der Waals surface area contributed by atoms with Gasteiger partial charge in [-0.15, -0.1) is 0 Å². The highest BCUT2D eigenvalue weighted by molar-refractivity contribution is 7.98. The smallest absolute Gasteiger partial charge is 0.0801 e. The zero-order valence-corrected chi connectivity index (χ0v) is 9.79. The Bertz CT molecular complexity index is 354. The lowest BCUT2D eigenvalue weighted by atomic mass is 10.0. The largest absolute Gasteiger partial charge is 0.388 e. The standard InChI is InChI=1S/C10H10Cl2OS/c11-6-3-7-8(9(12)4-6)5-14-2-1-10(7)13/h3-4,10,13H,1-2,5H2/t10-/m1/s1. The molecule has 0 bridgehead atoms. The lowest BCUT2D eigenvalue weighted by molar-refractivity contribution is 0.175. The van der Waals surface area contributed by atoms with E-state index in [-0.39, 0.29) is 0 Å². The van der Waals surface area contributed by atoms with Crippen molar-refractivity contribution in [2.75, 3.05) is 5.75 Å². The number of halogens is 2. The topological polar surface area (TPSA) is 20.2 Å². The minimum Gasteiger partial charge on any atom is -0.388 e. The molecule has 1 nitrogen and oxygen atoms in total. The van der Waals surface area contributed by atoms with Gasteiger partial charge in [0.2, 0.25) is 0 Å². The van der Waals surface area contributed by atoms with Crippen LogP contribution in [0.5, 0.6) is 0 Å². The average Bonchev–Trinajstić information content (AvgIpc) is 2.29. The Morgan fingerprint density at radius 2 is 2.14 bits per heavy atom. The van der Waals surface area contributed by atoms with Crippen molar-refractivity contribution >= 4 is 35.0 Å². The molecular formula is C10H10Cl2OS. The van der Waals surface area contributed by atoms with Crippen molar-refractivity contribution in [1.82, 2.24) is 0 Å². The highest BCUT2D eigenvalue weighted by Gasteiger charge is 2.19. The second-order valence-corrected chi connectivity index (χ2v) is 5.26. The van der Waals surface area contributed by atoms with Crippen LogP contribution in [0, 0.1) is 0 Å². The van der Waals surface area contributed by atoms with E-state index < -0.39 is 6.10 Å². The lowest BCUT2D eigenvalue weighted by Gasteiger charge is -2.12. The fourth-order valence-electron chi connectivity index (χ4n) is 1.60. The molecule has 1 heterocycles. The van der Waals surface area contributed by atoms with Gasteiger partial charge in [0, 0.05) is 15.8 Å². The fourth-order valence-corrected chi connectivity index (χ4v) is 3.31. The summed E-state index contributed by atoms with van der Waals surface area (Å²) in [6, 6.07) is 3.56. The Hall–Kier alpha value is 0.110. The number of benzene rings is 1. The van der Waals surface area contributed by atoms with Crippen LogP contribution >= 0.6 is 35.0 Å². The first-order valence-corrected chi connectivity index (χ1v) is 6.33. The van der Waals surface area contributed by atoms with Gasteiger partial charge in [0.05, 0.1) is 6.10 Å². The second kappa shape index (κ2) is 4.31. The number of aliphatic hydroxyl groups is 1. The molecule has 1 aliphatic rings. The van der Waals surface area contributed by atoms with Crippen molar-refractivity contribution in [2.45, 2.75) is 18.3 Å². The number of aliphatic hydroxyl groups excluding tert-OH is 1. The number of rotatable bonds is 0. The van der Waals surface area contributed by atoms with E-state index >= 15 is 0 Å². The van der Waals surface area contributed by atoms with Gasteiger partial charge in [0.1, 0.15) is 0 Å². The third kappa shape index (κ3) is 2.03. The highest BCUT2D eigenvalue weighted by Crippen LogP contribution is 2.36. The maximum Gasteiger partial charge on any atom is 0.0801 e. The molecule has 0 unspecified atom stereocenters. The zero-order chi connectivity index (χ0) is 10.1. The molecule has 1 aromatic carbocycles. The number of hydrogen-bond donors (Lipinski definition) is 1. The highest BCUT2D eigenvalue weighted by atomic mass is 35.5. The molecule has 0 spiro atoms. The van der Waals surface area contributed by atoms with E-state index in [1.54, 1.807) is 17.8 Å². The first-order valence-electron chi connectivity index (χ1n) is 4.42. The van der Waals surface area contributed by atoms with Gasteiger partial charge in [-0.05, 0) is 35.4 Å². The molecule has 2 rings (SSSR count). The molecule has 1 aliphatic heterocycles. The maximum atomic E-state index is 9.86. The molecule has 0 radical (unpaired) electrons. The van der Waals surface area contributed by atoms with Crippen LogP contribution in [-0.2, 0) is 5.75 Å². The molecule has 76 valence electrons. The van der Waals surface area contributed by atoms with Crippen LogP contribution in [0.15, 0.2) is 12.1 Å². The molecule has 1 atom stereocenters. The quantitative estimate of drug-likeness (QED) is 0.757. The summed E-state index contributed by atoms with van der Waals surface area (Å²) in [6.07, 6.45) is 0.352. The summed E-state index contributed by atoms with van der Waals surface area (Å²) >= 11 is 13.8. The molecular weight excluding hydrogens is 239 g/mol. The zero-order valence-electron chi connectivity index (χ0n) is 7.46. The predicted octanol–water partition coefficient (Wildman–Crippen LogP) is 3.66. The van der Waals surface area contributed by atoms with Crippen molar-refractivity contribution in [3.05, 3.63) is 33.3 Å². The first-order chi connectivity index (χ1) is 6.68. The lowest BCUT2D eigenvalue weighted by Crippen LogP contribution is -2.00. The van der Waals surface area contributed by atoms with Gasteiger partial charge in [-0.25, -0.2) is 0 Å². The molecule has 0 saturated heterocycles. The van der Waals surface area contributed by atoms with Crippen molar-refractivity contribution in [2.24, 2.45) is 0 Å². The van der Waals surface area contributed by atoms with E-state index in [0.29, 0.717) is 10.0 Å². The Morgan fingerprint density at radius 1 is 1.36 bits per heavy atom. The SMILES string of the molecule is O[C@@H]1CCSCc2c(Cl)cc(Cl)cc21. The Balaban J connectivity index is 2.53. The van der Waals surface area contributed by atoms with Crippen LogP contribution in [0.1, 0.15) is 23.7 Å². The van der Waals surface area contributed by atoms with Crippen LogP contribution in [-0.4, -0.2) is 10.9 Å². The summed E-state index contributed by atoms with van der Waals surface area (Å²) in [7, 11) is 0. The van der Waals surface area contributed by atoms with Crippen LogP contribution in [0.2, 0.25) is 10.0 Å². The Morgan fingerprint density at radius 3 is 2.93 bits per heavy atom. The van der Waals surface area contributed by atoms with Crippen LogP contribution in [0.25, 0.3) is 0 Å². The average molecular weight is 249 g/mol. The van der Waals surface area contributed by atoms with Crippen LogP contribution in [0.3, 0.4) is 0 Å². The summed E-state index contributed by atoms with van der Waals surface area (Å²) in [5.41, 5.74) is 1.93. The normalized spacial score (nSPS) is 21.5. The van der Waals surface area contributed by atoms with Crippen molar-refractivity contribution in [3.8, 4) is 0 Å². The Kier molecular flexibility index (Phi) is 3.27. The molecule has 0 aliphatic carbocycles. The third-order valence-corrected chi connectivity index (χ3v) is 3.91. The number of fused-ring (bicyclic) bond motifs is 1. The van der Waals surface area contributed by atoms with Gasteiger partial charge in [-0.2, -0.15) is 11.8 Å². The molecule has 1 N–H and O–H groups in total. The third-order valence-electron chi connectivity index (χ3n) is 2.34. The van der Waals surface area contributed by atoms with E-state index in [0.717, 1.165) is 29.1 Å². The van der Waals surface area contributed by atoms with Gasteiger partial charge in [0.15, 0.2) is 0 Å². The summed E-state index contributed by atoms with van der Waals surface area (Å²) in [5, 5.41) is 11.1.